The number of ketones is 2. The minimum atomic E-state index is -0.147. The Bertz CT molecular complexity index is 569. The Hall–Kier alpha value is -0.820. The third-order valence-electron chi connectivity index (χ3n) is 7.36. The van der Waals surface area contributed by atoms with Gasteiger partial charge < -0.3 is 10.1 Å². The van der Waals surface area contributed by atoms with Crippen LogP contribution in [-0.4, -0.2) is 84.9 Å². The number of likely N-dealkylation sites (N-methyl/N-ethyl adjacent to an activating group) is 1. The highest BCUT2D eigenvalue weighted by Crippen LogP contribution is 2.38. The van der Waals surface area contributed by atoms with Crippen LogP contribution in [0.15, 0.2) is 0 Å². The molecule has 4 fully saturated rings. The number of fused-ring (bicyclic) bond motifs is 2. The number of morpholine rings is 1. The minimum Gasteiger partial charge on any atom is -0.374 e. The number of nitrogens with zero attached hydrogens (tertiary/aromatic N) is 2. The summed E-state index contributed by atoms with van der Waals surface area (Å²) in [5.41, 5.74) is 0. The third-order valence-corrected chi connectivity index (χ3v) is 7.36. The van der Waals surface area contributed by atoms with Crippen LogP contribution in [0.2, 0.25) is 0 Å². The first-order chi connectivity index (χ1) is 12.5. The maximum atomic E-state index is 12.5. The van der Waals surface area contributed by atoms with Gasteiger partial charge in [-0.2, -0.15) is 0 Å². The molecule has 1 aliphatic carbocycles. The number of ether oxygens (including phenoxy) is 1. The van der Waals surface area contributed by atoms with Crippen LogP contribution in [-0.2, 0) is 14.3 Å². The molecule has 4 rings (SSSR count). The van der Waals surface area contributed by atoms with E-state index in [-0.39, 0.29) is 29.8 Å². The van der Waals surface area contributed by atoms with Gasteiger partial charge in [0.2, 0.25) is 0 Å². The summed E-state index contributed by atoms with van der Waals surface area (Å²) in [5, 5.41) is 3.50. The minimum absolute atomic E-state index is 0.0357. The molecule has 0 spiro atoms. The molecule has 7 atom stereocenters. The summed E-state index contributed by atoms with van der Waals surface area (Å²) >= 11 is 0. The van der Waals surface area contributed by atoms with Crippen LogP contribution in [0.3, 0.4) is 0 Å². The number of nitrogens with one attached hydrogen (secondary N) is 1. The Morgan fingerprint density at radius 3 is 2.65 bits per heavy atom. The number of hydrogen-bond donors (Lipinski definition) is 1. The fourth-order valence-electron chi connectivity index (χ4n) is 6.19. The van der Waals surface area contributed by atoms with E-state index < -0.39 is 0 Å². The second-order valence-corrected chi connectivity index (χ2v) is 8.90. The fraction of sp³-hybridized carbons (Fsp3) is 0.900. The van der Waals surface area contributed by atoms with E-state index in [4.69, 9.17) is 4.74 Å². The van der Waals surface area contributed by atoms with Gasteiger partial charge in [-0.05, 0) is 65.0 Å². The van der Waals surface area contributed by atoms with E-state index in [0.717, 1.165) is 38.9 Å². The molecule has 0 aromatic carbocycles. The Labute approximate surface area is 156 Å². The van der Waals surface area contributed by atoms with Gasteiger partial charge in [0.05, 0.1) is 24.8 Å². The number of carbonyl (C=O) groups is 2. The van der Waals surface area contributed by atoms with Crippen molar-refractivity contribution in [2.24, 2.45) is 11.8 Å². The summed E-state index contributed by atoms with van der Waals surface area (Å²) in [5.74, 6) is 1.36. The second-order valence-electron chi connectivity index (χ2n) is 8.90. The van der Waals surface area contributed by atoms with Crippen LogP contribution in [0.1, 0.15) is 39.5 Å². The lowest BCUT2D eigenvalue weighted by molar-refractivity contribution is -0.143. The number of likely N-dealkylation sites (tertiary alicyclic amines) is 1. The molecule has 0 aromatic heterocycles. The predicted molar refractivity (Wildman–Crippen MR) is 99.0 cm³/mol. The molecule has 3 saturated heterocycles. The molecular weight excluding hydrogens is 330 g/mol. The van der Waals surface area contributed by atoms with Crippen molar-refractivity contribution in [3.63, 3.8) is 0 Å². The third kappa shape index (κ3) is 3.15. The van der Waals surface area contributed by atoms with Crippen LogP contribution in [0.4, 0.5) is 0 Å². The molecule has 6 nitrogen and oxygen atoms in total. The summed E-state index contributed by atoms with van der Waals surface area (Å²) in [6.45, 7) is 6.79. The average molecular weight is 364 g/mol. The molecule has 7 unspecified atom stereocenters. The van der Waals surface area contributed by atoms with Crippen LogP contribution in [0.25, 0.3) is 0 Å². The molecule has 1 N–H and O–H groups in total. The van der Waals surface area contributed by atoms with Gasteiger partial charge in [-0.3, -0.25) is 19.4 Å². The molecule has 0 amide bonds. The fourth-order valence-corrected chi connectivity index (χ4v) is 6.19. The number of hydrogen-bond acceptors (Lipinski definition) is 6. The molecular formula is C20H33N3O3. The first-order valence-electron chi connectivity index (χ1n) is 10.3. The Balaban J connectivity index is 1.57. The lowest BCUT2D eigenvalue weighted by Gasteiger charge is -2.49. The monoisotopic (exact) mass is 363 g/mol. The zero-order chi connectivity index (χ0) is 18.4. The lowest BCUT2D eigenvalue weighted by atomic mass is 9.77. The maximum absolute atomic E-state index is 12.5. The van der Waals surface area contributed by atoms with Crippen LogP contribution < -0.4 is 5.32 Å². The van der Waals surface area contributed by atoms with E-state index in [1.54, 1.807) is 13.8 Å². The molecule has 146 valence electrons. The number of Topliss-reactive ketones (excluding diaryl/α,β-unsaturated/α-hetero) is 2. The first kappa shape index (κ1) is 18.5. The molecule has 26 heavy (non-hydrogen) atoms. The van der Waals surface area contributed by atoms with E-state index in [1.165, 1.54) is 6.42 Å². The normalized spacial score (nSPS) is 43.9. The van der Waals surface area contributed by atoms with Crippen molar-refractivity contribution in [1.82, 2.24) is 15.1 Å². The van der Waals surface area contributed by atoms with Crippen molar-refractivity contribution < 1.29 is 14.3 Å². The van der Waals surface area contributed by atoms with E-state index in [1.807, 2.05) is 0 Å². The predicted octanol–water partition coefficient (Wildman–Crippen LogP) is 0.695. The Kier molecular flexibility index (Phi) is 5.21. The van der Waals surface area contributed by atoms with E-state index in [0.29, 0.717) is 30.5 Å². The number of rotatable bonds is 4. The van der Waals surface area contributed by atoms with Crippen LogP contribution >= 0.6 is 0 Å². The van der Waals surface area contributed by atoms with Gasteiger partial charge in [0, 0.05) is 25.2 Å². The van der Waals surface area contributed by atoms with Crippen molar-refractivity contribution >= 4 is 11.6 Å². The summed E-state index contributed by atoms with van der Waals surface area (Å²) in [4.78, 5) is 29.5. The number of piperidine rings is 1. The highest BCUT2D eigenvalue weighted by molar-refractivity contribution is 5.82. The molecule has 4 aliphatic rings. The van der Waals surface area contributed by atoms with Crippen LogP contribution in [0.5, 0.6) is 0 Å². The molecule has 6 heteroatoms. The zero-order valence-electron chi connectivity index (χ0n) is 16.3. The summed E-state index contributed by atoms with van der Waals surface area (Å²) in [6.07, 6.45) is 4.72. The zero-order valence-corrected chi connectivity index (χ0v) is 16.3. The van der Waals surface area contributed by atoms with Gasteiger partial charge >= 0.3 is 0 Å². The van der Waals surface area contributed by atoms with Gasteiger partial charge in [-0.15, -0.1) is 0 Å². The standard InChI is InChI=1S/C20H33N3O3/c1-12(24)18-11-26-19-6-4-5-16(19)23(18)10-15-7-14-8-21-9-17(14)22(3)20(15)13(2)25/h14-21H,4-11H2,1-3H3. The van der Waals surface area contributed by atoms with E-state index >= 15 is 0 Å². The van der Waals surface area contributed by atoms with Gasteiger partial charge in [0.15, 0.2) is 0 Å². The quantitative estimate of drug-likeness (QED) is 0.793. The summed E-state index contributed by atoms with van der Waals surface area (Å²) < 4.78 is 6.01. The number of carbonyl (C=O) groups excluding carboxylic acids is 2. The first-order valence-corrected chi connectivity index (χ1v) is 10.3. The van der Waals surface area contributed by atoms with E-state index in [2.05, 4.69) is 22.2 Å². The van der Waals surface area contributed by atoms with E-state index in [9.17, 15) is 9.59 Å². The smallest absolute Gasteiger partial charge is 0.149 e. The summed E-state index contributed by atoms with van der Waals surface area (Å²) in [7, 11) is 2.11. The van der Waals surface area contributed by atoms with Gasteiger partial charge in [0.1, 0.15) is 11.6 Å². The molecule has 1 saturated carbocycles. The SMILES string of the molecule is CC(=O)C1C(CN2C(C(C)=O)COC3CCCC32)CC2CNCC2N1C. The van der Waals surface area contributed by atoms with Crippen LogP contribution in [0, 0.1) is 11.8 Å². The maximum Gasteiger partial charge on any atom is 0.149 e. The topological polar surface area (TPSA) is 61.9 Å². The lowest BCUT2D eigenvalue weighted by Crippen LogP contribution is -2.62. The highest BCUT2D eigenvalue weighted by Gasteiger charge is 2.48. The van der Waals surface area contributed by atoms with Gasteiger partial charge in [0.25, 0.3) is 0 Å². The molecule has 3 aliphatic heterocycles. The highest BCUT2D eigenvalue weighted by atomic mass is 16.5. The summed E-state index contributed by atoms with van der Waals surface area (Å²) in [6, 6.07) is 0.626. The largest absolute Gasteiger partial charge is 0.374 e. The molecule has 0 aromatic rings. The molecule has 3 heterocycles. The van der Waals surface area contributed by atoms with Crippen molar-refractivity contribution in [1.29, 1.82) is 0 Å². The van der Waals surface area contributed by atoms with Crippen molar-refractivity contribution in [2.45, 2.75) is 69.8 Å². The second kappa shape index (κ2) is 7.30. The van der Waals surface area contributed by atoms with Gasteiger partial charge in [-0.1, -0.05) is 0 Å². The average Bonchev–Trinajstić information content (AvgIpc) is 3.23. The van der Waals surface area contributed by atoms with Crippen molar-refractivity contribution in [3.05, 3.63) is 0 Å². The Morgan fingerprint density at radius 1 is 1.12 bits per heavy atom. The molecule has 0 bridgehead atoms. The van der Waals surface area contributed by atoms with Gasteiger partial charge in [-0.25, -0.2) is 0 Å². The van der Waals surface area contributed by atoms with Crippen molar-refractivity contribution in [3.8, 4) is 0 Å². The molecule has 0 radical (unpaired) electrons. The van der Waals surface area contributed by atoms with Crippen molar-refractivity contribution in [2.75, 3.05) is 33.3 Å². The Morgan fingerprint density at radius 2 is 1.92 bits per heavy atom.